The minimum absolute atomic E-state index is 0.0768. The number of nitrogens with zero attached hydrogens (tertiary/aromatic N) is 1. The Bertz CT molecular complexity index is 398. The van der Waals surface area contributed by atoms with Gasteiger partial charge in [-0.2, -0.15) is 0 Å². The lowest BCUT2D eigenvalue weighted by molar-refractivity contribution is -0.130. The molecule has 17 heavy (non-hydrogen) atoms. The van der Waals surface area contributed by atoms with Crippen molar-refractivity contribution in [3.8, 4) is 5.75 Å². The van der Waals surface area contributed by atoms with Crippen molar-refractivity contribution in [2.75, 3.05) is 13.7 Å². The molecule has 0 spiro atoms. The van der Waals surface area contributed by atoms with Gasteiger partial charge in [0, 0.05) is 6.21 Å². The van der Waals surface area contributed by atoms with Crippen molar-refractivity contribution in [3.63, 3.8) is 0 Å². The maximum Gasteiger partial charge on any atom is 0.163 e. The van der Waals surface area contributed by atoms with E-state index >= 15 is 0 Å². The van der Waals surface area contributed by atoms with Gasteiger partial charge in [-0.05, 0) is 38.1 Å². The van der Waals surface area contributed by atoms with E-state index in [0.29, 0.717) is 6.61 Å². The fourth-order valence-corrected chi connectivity index (χ4v) is 1.63. The van der Waals surface area contributed by atoms with Crippen molar-refractivity contribution in [2.24, 2.45) is 4.99 Å². The molecule has 4 nitrogen and oxygen atoms in total. The lowest BCUT2D eigenvalue weighted by Crippen LogP contribution is -2.21. The second-order valence-corrected chi connectivity index (χ2v) is 4.34. The van der Waals surface area contributed by atoms with Gasteiger partial charge in [-0.15, -0.1) is 0 Å². The highest BCUT2D eigenvalue weighted by molar-refractivity contribution is 5.68. The fraction of sp³-hybridized carbons (Fsp3) is 0.462. The maximum atomic E-state index is 5.62. The molecule has 2 rings (SSSR count). The molecule has 1 aromatic carbocycles. The molecular weight excluding hydrogens is 218 g/mol. The Balaban J connectivity index is 1.96. The van der Waals surface area contributed by atoms with E-state index in [4.69, 9.17) is 14.2 Å². The van der Waals surface area contributed by atoms with Gasteiger partial charge in [-0.25, -0.2) is 0 Å². The van der Waals surface area contributed by atoms with Crippen LogP contribution in [0.5, 0.6) is 5.75 Å². The molecule has 0 amide bonds. The molecule has 92 valence electrons. The van der Waals surface area contributed by atoms with Gasteiger partial charge >= 0.3 is 0 Å². The van der Waals surface area contributed by atoms with E-state index in [-0.39, 0.29) is 6.10 Å². The minimum Gasteiger partial charge on any atom is -0.497 e. The molecule has 1 fully saturated rings. The van der Waals surface area contributed by atoms with Crippen LogP contribution >= 0.6 is 0 Å². The monoisotopic (exact) mass is 235 g/mol. The van der Waals surface area contributed by atoms with E-state index < -0.39 is 5.79 Å². The second kappa shape index (κ2) is 4.85. The van der Waals surface area contributed by atoms with E-state index in [1.165, 1.54) is 0 Å². The summed E-state index contributed by atoms with van der Waals surface area (Å²) in [4.78, 5) is 4.34. The third kappa shape index (κ3) is 3.28. The van der Waals surface area contributed by atoms with Crippen LogP contribution in [-0.2, 0) is 9.47 Å². The normalized spacial score (nSPS) is 23.1. The standard InChI is InChI=1S/C13H17NO3/c1-13(2)16-9-12(17-13)8-14-10-4-6-11(15-3)7-5-10/h4-8,12H,9H2,1-3H3/t12-/m1/s1. The number of rotatable bonds is 3. The predicted molar refractivity (Wildman–Crippen MR) is 66.1 cm³/mol. The summed E-state index contributed by atoms with van der Waals surface area (Å²) < 4.78 is 16.1. The quantitative estimate of drug-likeness (QED) is 0.756. The number of aliphatic imine (C=N–C) groups is 1. The summed E-state index contributed by atoms with van der Waals surface area (Å²) in [6.07, 6.45) is 1.70. The SMILES string of the molecule is COc1ccc(N=C[C@@H]2COC(C)(C)O2)cc1. The molecular formula is C13H17NO3. The number of hydrogen-bond donors (Lipinski definition) is 0. The molecule has 0 bridgehead atoms. The van der Waals surface area contributed by atoms with Crippen LogP contribution in [0, 0.1) is 0 Å². The summed E-state index contributed by atoms with van der Waals surface area (Å²) in [5.41, 5.74) is 0.874. The largest absolute Gasteiger partial charge is 0.497 e. The van der Waals surface area contributed by atoms with Crippen molar-refractivity contribution in [3.05, 3.63) is 24.3 Å². The average Bonchev–Trinajstić information content (AvgIpc) is 2.67. The van der Waals surface area contributed by atoms with Crippen molar-refractivity contribution in [1.29, 1.82) is 0 Å². The zero-order chi connectivity index (χ0) is 12.3. The lowest BCUT2D eigenvalue weighted by atomic mass is 10.3. The Morgan fingerprint density at radius 3 is 2.59 bits per heavy atom. The van der Waals surface area contributed by atoms with E-state index in [1.54, 1.807) is 13.3 Å². The molecule has 1 aromatic rings. The van der Waals surface area contributed by atoms with Crippen LogP contribution < -0.4 is 4.74 Å². The van der Waals surface area contributed by atoms with Crippen molar-refractivity contribution < 1.29 is 14.2 Å². The molecule has 0 aromatic heterocycles. The highest BCUT2D eigenvalue weighted by Crippen LogP contribution is 2.22. The van der Waals surface area contributed by atoms with E-state index in [0.717, 1.165) is 11.4 Å². The molecule has 1 heterocycles. The summed E-state index contributed by atoms with van der Waals surface area (Å²) in [5, 5.41) is 0. The van der Waals surface area contributed by atoms with Gasteiger partial charge in [-0.1, -0.05) is 0 Å². The highest BCUT2D eigenvalue weighted by atomic mass is 16.7. The third-order valence-electron chi connectivity index (χ3n) is 2.49. The van der Waals surface area contributed by atoms with Gasteiger partial charge < -0.3 is 14.2 Å². The van der Waals surface area contributed by atoms with Gasteiger partial charge in [0.15, 0.2) is 5.79 Å². The minimum atomic E-state index is -0.503. The van der Waals surface area contributed by atoms with Crippen LogP contribution in [0.25, 0.3) is 0 Å². The van der Waals surface area contributed by atoms with E-state index in [2.05, 4.69) is 4.99 Å². The number of hydrogen-bond acceptors (Lipinski definition) is 4. The van der Waals surface area contributed by atoms with Gasteiger partial charge in [0.2, 0.25) is 0 Å². The summed E-state index contributed by atoms with van der Waals surface area (Å²) in [6, 6.07) is 7.55. The third-order valence-corrected chi connectivity index (χ3v) is 2.49. The Morgan fingerprint density at radius 2 is 2.06 bits per heavy atom. The first-order valence-electron chi connectivity index (χ1n) is 5.59. The molecule has 0 radical (unpaired) electrons. The topological polar surface area (TPSA) is 40.0 Å². The smallest absolute Gasteiger partial charge is 0.163 e. The molecule has 0 saturated carbocycles. The number of methoxy groups -OCH3 is 1. The van der Waals surface area contributed by atoms with Gasteiger partial charge in [0.25, 0.3) is 0 Å². The molecule has 4 heteroatoms. The molecule has 1 atom stereocenters. The van der Waals surface area contributed by atoms with Gasteiger partial charge in [-0.3, -0.25) is 4.99 Å². The highest BCUT2D eigenvalue weighted by Gasteiger charge is 2.31. The Morgan fingerprint density at radius 1 is 1.35 bits per heavy atom. The molecule has 1 aliphatic rings. The maximum absolute atomic E-state index is 5.62. The number of benzene rings is 1. The summed E-state index contributed by atoms with van der Waals surface area (Å²) in [6.45, 7) is 4.34. The second-order valence-electron chi connectivity index (χ2n) is 4.34. The van der Waals surface area contributed by atoms with Gasteiger partial charge in [0.05, 0.1) is 19.4 Å². The van der Waals surface area contributed by atoms with Crippen LogP contribution in [0.15, 0.2) is 29.3 Å². The van der Waals surface area contributed by atoms with E-state index in [9.17, 15) is 0 Å². The first-order valence-corrected chi connectivity index (χ1v) is 5.59. The first kappa shape index (κ1) is 12.1. The van der Waals surface area contributed by atoms with Crippen LogP contribution in [-0.4, -0.2) is 31.8 Å². The van der Waals surface area contributed by atoms with Gasteiger partial charge in [0.1, 0.15) is 11.9 Å². The molecule has 1 aliphatic heterocycles. The first-order chi connectivity index (χ1) is 8.09. The summed E-state index contributed by atoms with van der Waals surface area (Å²) >= 11 is 0. The molecule has 1 saturated heterocycles. The Kier molecular flexibility index (Phi) is 3.45. The molecule has 0 aliphatic carbocycles. The predicted octanol–water partition coefficient (Wildman–Crippen LogP) is 2.55. The Labute approximate surface area is 101 Å². The molecule has 0 unspecified atom stereocenters. The lowest BCUT2D eigenvalue weighted by Gasteiger charge is -2.15. The van der Waals surface area contributed by atoms with Crippen LogP contribution in [0.1, 0.15) is 13.8 Å². The van der Waals surface area contributed by atoms with Crippen LogP contribution in [0.4, 0.5) is 5.69 Å². The zero-order valence-electron chi connectivity index (χ0n) is 10.3. The summed E-state index contributed by atoms with van der Waals surface area (Å²) in [7, 11) is 1.64. The molecule has 0 N–H and O–H groups in total. The van der Waals surface area contributed by atoms with Crippen molar-refractivity contribution >= 4 is 11.9 Å². The van der Waals surface area contributed by atoms with Crippen molar-refractivity contribution in [1.82, 2.24) is 0 Å². The van der Waals surface area contributed by atoms with E-state index in [1.807, 2.05) is 38.1 Å². The van der Waals surface area contributed by atoms with Crippen LogP contribution in [0.3, 0.4) is 0 Å². The average molecular weight is 235 g/mol. The Hall–Kier alpha value is -1.39. The zero-order valence-corrected chi connectivity index (χ0v) is 10.3. The fourth-order valence-electron chi connectivity index (χ4n) is 1.63. The number of ether oxygens (including phenoxy) is 3. The van der Waals surface area contributed by atoms with Crippen LogP contribution in [0.2, 0.25) is 0 Å². The summed E-state index contributed by atoms with van der Waals surface area (Å²) in [5.74, 6) is 0.321. The van der Waals surface area contributed by atoms with Crippen molar-refractivity contribution in [2.45, 2.75) is 25.7 Å².